The lowest BCUT2D eigenvalue weighted by molar-refractivity contribution is -0.0226. The number of methoxy groups -OCH3 is 2. The van der Waals surface area contributed by atoms with Crippen LogP contribution in [0.4, 0.5) is 0 Å². The molecule has 2 heterocycles. The summed E-state index contributed by atoms with van der Waals surface area (Å²) in [6.45, 7) is 3.51. The normalized spacial score (nSPS) is 16.4. The van der Waals surface area contributed by atoms with Gasteiger partial charge in [0.15, 0.2) is 11.5 Å². The van der Waals surface area contributed by atoms with Crippen molar-refractivity contribution in [3.05, 3.63) is 64.7 Å². The summed E-state index contributed by atoms with van der Waals surface area (Å²) >= 11 is 1.40. The summed E-state index contributed by atoms with van der Waals surface area (Å²) in [6, 6.07) is 15.7. The fraction of sp³-hybridized carbons (Fsp3) is 0.304. The van der Waals surface area contributed by atoms with E-state index in [0.717, 1.165) is 21.8 Å². The molecule has 1 aromatic heterocycles. The maximum Gasteiger partial charge on any atom is 0.266 e. The third-order valence-electron chi connectivity index (χ3n) is 5.15. The minimum atomic E-state index is -0.109. The van der Waals surface area contributed by atoms with E-state index in [1.807, 2.05) is 60.4 Å². The molecule has 7 heteroatoms. The van der Waals surface area contributed by atoms with Gasteiger partial charge in [0.2, 0.25) is 0 Å². The first kappa shape index (κ1) is 20.4. The summed E-state index contributed by atoms with van der Waals surface area (Å²) in [7, 11) is 3.21. The van der Waals surface area contributed by atoms with Gasteiger partial charge in [0.05, 0.1) is 33.1 Å². The Morgan fingerprint density at radius 2 is 1.90 bits per heavy atom. The van der Waals surface area contributed by atoms with Crippen molar-refractivity contribution in [1.29, 1.82) is 0 Å². The van der Waals surface area contributed by atoms with Gasteiger partial charge in [-0.05, 0) is 30.7 Å². The molecule has 0 spiro atoms. The van der Waals surface area contributed by atoms with E-state index in [9.17, 15) is 4.79 Å². The van der Waals surface area contributed by atoms with Crippen LogP contribution in [0.15, 0.2) is 48.5 Å². The number of aryl methyl sites for hydroxylation is 1. The van der Waals surface area contributed by atoms with Crippen LogP contribution in [-0.4, -0.2) is 49.7 Å². The van der Waals surface area contributed by atoms with Gasteiger partial charge in [-0.1, -0.05) is 30.3 Å². The predicted octanol–water partition coefficient (Wildman–Crippen LogP) is 4.35. The van der Waals surface area contributed by atoms with Crippen LogP contribution in [0.2, 0.25) is 0 Å². The molecule has 0 aliphatic carbocycles. The lowest BCUT2D eigenvalue weighted by Gasteiger charge is -2.33. The Morgan fingerprint density at radius 1 is 1.13 bits per heavy atom. The number of rotatable bonds is 5. The Kier molecular flexibility index (Phi) is 6.01. The van der Waals surface area contributed by atoms with E-state index < -0.39 is 0 Å². The Labute approximate surface area is 180 Å². The second-order valence-corrected chi connectivity index (χ2v) is 8.02. The van der Waals surface area contributed by atoms with Gasteiger partial charge < -0.3 is 19.1 Å². The molecule has 0 bridgehead atoms. The summed E-state index contributed by atoms with van der Waals surface area (Å²) in [5, 5.41) is 0.782. The van der Waals surface area contributed by atoms with Gasteiger partial charge in [-0.25, -0.2) is 4.98 Å². The smallest absolute Gasteiger partial charge is 0.266 e. The van der Waals surface area contributed by atoms with Crippen LogP contribution in [0.5, 0.6) is 11.5 Å². The van der Waals surface area contributed by atoms with Crippen LogP contribution in [0, 0.1) is 6.92 Å². The zero-order chi connectivity index (χ0) is 21.1. The predicted molar refractivity (Wildman–Crippen MR) is 116 cm³/mol. The van der Waals surface area contributed by atoms with Gasteiger partial charge in [0, 0.05) is 12.1 Å². The van der Waals surface area contributed by atoms with Gasteiger partial charge >= 0.3 is 0 Å². The van der Waals surface area contributed by atoms with Crippen molar-refractivity contribution in [3.8, 4) is 22.1 Å². The van der Waals surface area contributed by atoms with Crippen molar-refractivity contribution in [2.24, 2.45) is 0 Å². The fourth-order valence-corrected chi connectivity index (χ4v) is 4.56. The molecule has 1 aliphatic rings. The van der Waals surface area contributed by atoms with E-state index in [1.165, 1.54) is 11.3 Å². The molecule has 1 amide bonds. The number of morpholine rings is 1. The Morgan fingerprint density at radius 3 is 2.63 bits per heavy atom. The molecule has 0 radical (unpaired) electrons. The molecule has 1 saturated heterocycles. The second kappa shape index (κ2) is 8.85. The Balaban J connectivity index is 1.56. The molecule has 4 rings (SSSR count). The number of benzene rings is 2. The van der Waals surface area contributed by atoms with E-state index in [0.29, 0.717) is 36.1 Å². The highest BCUT2D eigenvalue weighted by Gasteiger charge is 2.28. The second-order valence-electron chi connectivity index (χ2n) is 7.02. The van der Waals surface area contributed by atoms with Crippen molar-refractivity contribution < 1.29 is 19.0 Å². The lowest BCUT2D eigenvalue weighted by atomic mass is 10.1. The summed E-state index contributed by atoms with van der Waals surface area (Å²) in [4.78, 5) is 20.4. The first-order valence-corrected chi connectivity index (χ1v) is 10.6. The van der Waals surface area contributed by atoms with Crippen LogP contribution in [0.1, 0.15) is 27.0 Å². The Hall–Kier alpha value is -2.90. The number of amides is 1. The zero-order valence-electron chi connectivity index (χ0n) is 17.3. The lowest BCUT2D eigenvalue weighted by Crippen LogP contribution is -2.42. The number of hydrogen-bond donors (Lipinski definition) is 0. The highest BCUT2D eigenvalue weighted by atomic mass is 32.1. The van der Waals surface area contributed by atoms with E-state index in [-0.39, 0.29) is 12.0 Å². The van der Waals surface area contributed by atoms with Crippen LogP contribution in [0.25, 0.3) is 10.6 Å². The largest absolute Gasteiger partial charge is 0.493 e. The van der Waals surface area contributed by atoms with E-state index in [2.05, 4.69) is 4.98 Å². The van der Waals surface area contributed by atoms with Crippen molar-refractivity contribution in [2.75, 3.05) is 33.9 Å². The monoisotopic (exact) mass is 424 g/mol. The molecule has 0 unspecified atom stereocenters. The topological polar surface area (TPSA) is 60.9 Å². The highest BCUT2D eigenvalue weighted by Crippen LogP contribution is 2.35. The van der Waals surface area contributed by atoms with E-state index in [4.69, 9.17) is 14.2 Å². The van der Waals surface area contributed by atoms with Crippen LogP contribution >= 0.6 is 11.3 Å². The summed E-state index contributed by atoms with van der Waals surface area (Å²) < 4.78 is 16.6. The van der Waals surface area contributed by atoms with Crippen LogP contribution in [-0.2, 0) is 4.74 Å². The van der Waals surface area contributed by atoms with Gasteiger partial charge in [-0.3, -0.25) is 4.79 Å². The highest BCUT2D eigenvalue weighted by molar-refractivity contribution is 7.17. The number of ether oxygens (including phenoxy) is 3. The standard InChI is InChI=1S/C23H24N2O4S/c1-15-21(30-22(24-15)17-9-10-18(27-2)19(13-17)28-3)23(26)25-11-12-29-20(14-25)16-7-5-4-6-8-16/h4-10,13,20H,11-12,14H2,1-3H3/t20-/m0/s1. The first-order valence-electron chi connectivity index (χ1n) is 9.76. The summed E-state index contributed by atoms with van der Waals surface area (Å²) in [5.74, 6) is 1.29. The SMILES string of the molecule is COc1ccc(-c2nc(C)c(C(=O)N3CCO[C@H](c4ccccc4)C3)s2)cc1OC. The molecule has 1 fully saturated rings. The third-order valence-corrected chi connectivity index (χ3v) is 6.34. The maximum atomic E-state index is 13.3. The number of aromatic nitrogens is 1. The minimum Gasteiger partial charge on any atom is -0.493 e. The average molecular weight is 425 g/mol. The molecule has 1 aliphatic heterocycles. The molecule has 3 aromatic rings. The number of thiazole rings is 1. The number of hydrogen-bond acceptors (Lipinski definition) is 6. The van der Waals surface area contributed by atoms with Crippen molar-refractivity contribution >= 4 is 17.2 Å². The number of nitrogens with zero attached hydrogens (tertiary/aromatic N) is 2. The molecule has 6 nitrogen and oxygen atoms in total. The Bertz CT molecular complexity index is 1030. The molecule has 156 valence electrons. The number of carbonyl (C=O) groups excluding carboxylic acids is 1. The zero-order valence-corrected chi connectivity index (χ0v) is 18.1. The molecule has 1 atom stereocenters. The summed E-state index contributed by atoms with van der Waals surface area (Å²) in [5.41, 5.74) is 2.71. The molecular weight excluding hydrogens is 400 g/mol. The van der Waals surface area contributed by atoms with Crippen molar-refractivity contribution in [2.45, 2.75) is 13.0 Å². The van der Waals surface area contributed by atoms with E-state index >= 15 is 0 Å². The van der Waals surface area contributed by atoms with Crippen molar-refractivity contribution in [1.82, 2.24) is 9.88 Å². The fourth-order valence-electron chi connectivity index (χ4n) is 3.53. The molecular formula is C23H24N2O4S. The third kappa shape index (κ3) is 4.04. The minimum absolute atomic E-state index is 0.000887. The van der Waals surface area contributed by atoms with Crippen LogP contribution < -0.4 is 9.47 Å². The van der Waals surface area contributed by atoms with Gasteiger partial charge in [-0.15, -0.1) is 11.3 Å². The number of carbonyl (C=O) groups is 1. The molecule has 2 aromatic carbocycles. The van der Waals surface area contributed by atoms with Gasteiger partial charge in [-0.2, -0.15) is 0 Å². The molecule has 30 heavy (non-hydrogen) atoms. The van der Waals surface area contributed by atoms with Crippen molar-refractivity contribution in [3.63, 3.8) is 0 Å². The van der Waals surface area contributed by atoms with Gasteiger partial charge in [0.25, 0.3) is 5.91 Å². The van der Waals surface area contributed by atoms with E-state index in [1.54, 1.807) is 14.2 Å². The maximum absolute atomic E-state index is 13.3. The first-order chi connectivity index (χ1) is 14.6. The molecule has 0 saturated carbocycles. The summed E-state index contributed by atoms with van der Waals surface area (Å²) in [6.07, 6.45) is -0.109. The van der Waals surface area contributed by atoms with Gasteiger partial charge in [0.1, 0.15) is 16.0 Å². The average Bonchev–Trinajstić information content (AvgIpc) is 3.20. The quantitative estimate of drug-likeness (QED) is 0.609. The van der Waals surface area contributed by atoms with Crippen LogP contribution in [0.3, 0.4) is 0 Å². The molecule has 0 N–H and O–H groups in total.